The zero-order valence-corrected chi connectivity index (χ0v) is 10.2. The molecular weight excluding hydrogens is 230 g/mol. The maximum absolute atomic E-state index is 12.2. The largest absolute Gasteiger partial charge is 0.283 e. The van der Waals surface area contributed by atoms with Gasteiger partial charge < -0.3 is 0 Å². The van der Waals surface area contributed by atoms with Gasteiger partial charge in [-0.25, -0.2) is 4.90 Å². The monoisotopic (exact) mass is 244 g/mol. The number of benzene rings is 1. The van der Waals surface area contributed by atoms with Gasteiger partial charge in [-0.15, -0.1) is 0 Å². The molecule has 5 heteroatoms. The van der Waals surface area contributed by atoms with Crippen LogP contribution in [0.15, 0.2) is 24.3 Å². The van der Waals surface area contributed by atoms with E-state index >= 15 is 0 Å². The average Bonchev–Trinajstić information content (AvgIpc) is 2.79. The van der Waals surface area contributed by atoms with Crippen LogP contribution >= 0.6 is 0 Å². The van der Waals surface area contributed by atoms with Gasteiger partial charge in [0.15, 0.2) is 0 Å². The number of nitrogens with one attached hydrogen (secondary N) is 2. The number of fused-ring (bicyclic) bond motifs is 1. The Morgan fingerprint density at radius 1 is 1.22 bits per heavy atom. The van der Waals surface area contributed by atoms with Crippen LogP contribution in [0, 0.1) is 6.92 Å². The third-order valence-electron chi connectivity index (χ3n) is 3.31. The molecule has 1 fully saturated rings. The molecule has 1 saturated heterocycles. The molecule has 0 spiro atoms. The van der Waals surface area contributed by atoms with E-state index < -0.39 is 12.1 Å². The molecule has 1 aromatic carbocycles. The van der Waals surface area contributed by atoms with E-state index in [1.807, 2.05) is 32.0 Å². The quantitative estimate of drug-likeness (QED) is 0.604. The molecular formula is C13H14N3O2+. The predicted molar refractivity (Wildman–Crippen MR) is 66.0 cm³/mol. The lowest BCUT2D eigenvalue weighted by Crippen LogP contribution is -2.79. The van der Waals surface area contributed by atoms with Gasteiger partial charge in [0.25, 0.3) is 11.8 Å². The van der Waals surface area contributed by atoms with E-state index in [2.05, 4.69) is 10.3 Å². The van der Waals surface area contributed by atoms with Crippen LogP contribution in [0.5, 0.6) is 0 Å². The molecule has 0 aromatic heterocycles. The normalized spacial score (nSPS) is 26.1. The molecule has 0 radical (unpaired) electrons. The van der Waals surface area contributed by atoms with Crippen LogP contribution in [0.1, 0.15) is 12.5 Å². The van der Waals surface area contributed by atoms with Gasteiger partial charge in [0, 0.05) is 6.92 Å². The summed E-state index contributed by atoms with van der Waals surface area (Å²) in [5.41, 5.74) is 1.66. The molecule has 0 aliphatic carbocycles. The Morgan fingerprint density at radius 2 is 2.00 bits per heavy atom. The maximum atomic E-state index is 12.2. The van der Waals surface area contributed by atoms with E-state index in [0.29, 0.717) is 5.69 Å². The Labute approximate surface area is 105 Å². The second-order valence-corrected chi connectivity index (χ2v) is 4.72. The number of aryl methyl sites for hydroxylation is 1. The van der Waals surface area contributed by atoms with Crippen molar-refractivity contribution in [1.29, 1.82) is 0 Å². The van der Waals surface area contributed by atoms with Crippen molar-refractivity contribution in [1.82, 2.24) is 5.32 Å². The van der Waals surface area contributed by atoms with Gasteiger partial charge in [0.1, 0.15) is 0 Å². The van der Waals surface area contributed by atoms with Crippen molar-refractivity contribution in [3.63, 3.8) is 0 Å². The highest BCUT2D eigenvalue weighted by atomic mass is 16.2. The second kappa shape index (κ2) is 3.66. The number of hydrogen-bond acceptors (Lipinski definition) is 3. The molecule has 18 heavy (non-hydrogen) atoms. The van der Waals surface area contributed by atoms with Gasteiger partial charge >= 0.3 is 0 Å². The molecule has 5 nitrogen and oxygen atoms in total. The number of rotatable bonds is 1. The molecule has 2 N–H and O–H groups in total. The lowest BCUT2D eigenvalue weighted by molar-refractivity contribution is -0.476. The summed E-state index contributed by atoms with van der Waals surface area (Å²) in [6.07, 6.45) is 0. The molecule has 3 rings (SSSR count). The van der Waals surface area contributed by atoms with Crippen molar-refractivity contribution < 1.29 is 14.6 Å². The topological polar surface area (TPSA) is 63.4 Å². The van der Waals surface area contributed by atoms with E-state index in [1.54, 1.807) is 6.07 Å². The van der Waals surface area contributed by atoms with E-state index in [9.17, 15) is 9.59 Å². The van der Waals surface area contributed by atoms with Gasteiger partial charge in [-0.3, -0.25) is 19.9 Å². The molecule has 2 amide bonds. The van der Waals surface area contributed by atoms with Crippen LogP contribution in [0.25, 0.3) is 0 Å². The standard InChI is InChI=1S/C13H13N3O2/c1-7-4-3-5-9(6-7)16-12(17)10-11(13(16)18)15-8(2)14-10/h3-6,10-11H,1-2H3,(H,14,15)/p+1/t10-,11+. The first kappa shape index (κ1) is 11.0. The third-order valence-corrected chi connectivity index (χ3v) is 3.31. The van der Waals surface area contributed by atoms with Crippen molar-refractivity contribution in [2.24, 2.45) is 0 Å². The zero-order valence-electron chi connectivity index (χ0n) is 10.2. The molecule has 2 heterocycles. The lowest BCUT2D eigenvalue weighted by Gasteiger charge is -2.14. The molecule has 0 saturated carbocycles. The van der Waals surface area contributed by atoms with Gasteiger partial charge in [-0.1, -0.05) is 12.1 Å². The fraction of sp³-hybridized carbons (Fsp3) is 0.308. The summed E-state index contributed by atoms with van der Waals surface area (Å²) in [5, 5.41) is 3.00. The summed E-state index contributed by atoms with van der Waals surface area (Å²) in [6, 6.07) is 6.45. The summed E-state index contributed by atoms with van der Waals surface area (Å²) < 4.78 is 0. The number of hydrogen-bond donors (Lipinski definition) is 2. The van der Waals surface area contributed by atoms with Gasteiger partial charge in [-0.05, 0) is 24.6 Å². The van der Waals surface area contributed by atoms with Crippen LogP contribution in [0.2, 0.25) is 0 Å². The number of amidine groups is 1. The summed E-state index contributed by atoms with van der Waals surface area (Å²) in [4.78, 5) is 28.8. The maximum Gasteiger partial charge on any atom is 0.283 e. The summed E-state index contributed by atoms with van der Waals surface area (Å²) in [6.45, 7) is 3.75. The number of carbonyl (C=O) groups excluding carboxylic acids is 2. The summed E-state index contributed by atoms with van der Waals surface area (Å²) >= 11 is 0. The molecule has 2 aliphatic rings. The third kappa shape index (κ3) is 1.44. The fourth-order valence-electron chi connectivity index (χ4n) is 2.49. The first-order valence-electron chi connectivity index (χ1n) is 5.89. The number of amides is 2. The van der Waals surface area contributed by atoms with Crippen molar-refractivity contribution >= 4 is 23.3 Å². The van der Waals surface area contributed by atoms with E-state index in [1.165, 1.54) is 4.90 Å². The zero-order chi connectivity index (χ0) is 12.9. The van der Waals surface area contributed by atoms with Crippen molar-refractivity contribution in [2.75, 3.05) is 4.90 Å². The highest BCUT2D eigenvalue weighted by Crippen LogP contribution is 2.23. The number of imide groups is 1. The smallest absolute Gasteiger partial charge is 0.269 e. The molecule has 2 atom stereocenters. The highest BCUT2D eigenvalue weighted by Gasteiger charge is 2.55. The first-order chi connectivity index (χ1) is 8.58. The van der Waals surface area contributed by atoms with Gasteiger partial charge in [0.05, 0.1) is 5.69 Å². The minimum atomic E-state index is -0.474. The predicted octanol–water partition coefficient (Wildman–Crippen LogP) is -1.29. The Kier molecular flexibility index (Phi) is 2.23. The van der Waals surface area contributed by atoms with Crippen LogP contribution in [0.3, 0.4) is 0 Å². The lowest BCUT2D eigenvalue weighted by atomic mass is 10.2. The van der Waals surface area contributed by atoms with Crippen LogP contribution in [-0.2, 0) is 9.59 Å². The van der Waals surface area contributed by atoms with Crippen LogP contribution < -0.4 is 15.2 Å². The minimum Gasteiger partial charge on any atom is -0.269 e. The van der Waals surface area contributed by atoms with Gasteiger partial charge in [-0.2, -0.15) is 0 Å². The molecule has 0 unspecified atom stereocenters. The summed E-state index contributed by atoms with van der Waals surface area (Å²) in [5.74, 6) is 0.385. The van der Waals surface area contributed by atoms with Crippen LogP contribution in [-0.4, -0.2) is 29.7 Å². The Bertz CT molecular complexity index is 579. The summed E-state index contributed by atoms with van der Waals surface area (Å²) in [7, 11) is 0. The minimum absolute atomic E-state index is 0.194. The Balaban J connectivity index is 2.00. The number of nitrogens with zero attached hydrogens (tertiary/aromatic N) is 1. The SMILES string of the molecule is CC1=[NH+][C@H]2C(=O)N(c3cccc(C)c3)C(=O)[C@H]2N1. The molecule has 0 bridgehead atoms. The average molecular weight is 244 g/mol. The molecule has 2 aliphatic heterocycles. The Hall–Kier alpha value is -2.17. The van der Waals surface area contributed by atoms with Crippen molar-refractivity contribution in [2.45, 2.75) is 25.9 Å². The van der Waals surface area contributed by atoms with Gasteiger partial charge in [0.2, 0.25) is 17.9 Å². The van der Waals surface area contributed by atoms with Crippen molar-refractivity contribution in [3.05, 3.63) is 29.8 Å². The van der Waals surface area contributed by atoms with Crippen molar-refractivity contribution in [3.8, 4) is 0 Å². The molecule has 92 valence electrons. The number of carbonyl (C=O) groups is 2. The van der Waals surface area contributed by atoms with E-state index in [0.717, 1.165) is 11.4 Å². The Morgan fingerprint density at radius 3 is 2.67 bits per heavy atom. The van der Waals surface area contributed by atoms with Crippen LogP contribution in [0.4, 0.5) is 5.69 Å². The second-order valence-electron chi connectivity index (χ2n) is 4.72. The molecule has 1 aromatic rings. The first-order valence-corrected chi connectivity index (χ1v) is 5.89. The van der Waals surface area contributed by atoms with E-state index in [-0.39, 0.29) is 11.8 Å². The highest BCUT2D eigenvalue weighted by molar-refractivity contribution is 6.25. The fourth-order valence-corrected chi connectivity index (χ4v) is 2.49. The number of anilines is 1. The van der Waals surface area contributed by atoms with E-state index in [4.69, 9.17) is 0 Å².